The lowest BCUT2D eigenvalue weighted by molar-refractivity contribution is -0.141. The van der Waals surface area contributed by atoms with Gasteiger partial charge in [-0.3, -0.25) is 4.98 Å². The molecule has 0 amide bonds. The predicted octanol–water partition coefficient (Wildman–Crippen LogP) is 4.85. The van der Waals surface area contributed by atoms with Gasteiger partial charge in [-0.1, -0.05) is 12.1 Å². The van der Waals surface area contributed by atoms with Crippen molar-refractivity contribution < 1.29 is 13.2 Å². The van der Waals surface area contributed by atoms with Crippen LogP contribution in [0.15, 0.2) is 54.9 Å². The topological polar surface area (TPSA) is 68.5 Å². The molecule has 1 aliphatic rings. The van der Waals surface area contributed by atoms with Crippen molar-refractivity contribution in [1.29, 1.82) is 0 Å². The van der Waals surface area contributed by atoms with Gasteiger partial charge >= 0.3 is 6.18 Å². The molecule has 1 aliphatic carbocycles. The predicted molar refractivity (Wildman–Crippen MR) is 106 cm³/mol. The number of anilines is 1. The van der Waals surface area contributed by atoms with Gasteiger partial charge in [-0.2, -0.15) is 13.2 Å². The van der Waals surface area contributed by atoms with Gasteiger partial charge < -0.3 is 9.88 Å². The van der Waals surface area contributed by atoms with Gasteiger partial charge in [-0.15, -0.1) is 0 Å². The number of aromatic nitrogens is 5. The summed E-state index contributed by atoms with van der Waals surface area (Å²) in [5.41, 5.74) is 1.31. The van der Waals surface area contributed by atoms with Crippen molar-refractivity contribution in [1.82, 2.24) is 24.5 Å². The Kier molecular flexibility index (Phi) is 4.38. The Morgan fingerprint density at radius 2 is 1.87 bits per heavy atom. The number of para-hydroxylation sites is 2. The molecule has 152 valence electrons. The number of nitrogens with one attached hydrogen (secondary N) is 1. The average Bonchev–Trinajstić information content (AvgIpc) is 3.52. The monoisotopic (exact) mass is 410 g/mol. The molecule has 0 unspecified atom stereocenters. The second kappa shape index (κ2) is 7.08. The number of hydrogen-bond acceptors (Lipinski definition) is 5. The highest BCUT2D eigenvalue weighted by Crippen LogP contribution is 2.39. The van der Waals surface area contributed by atoms with E-state index in [0.717, 1.165) is 35.8 Å². The molecule has 9 heteroatoms. The second-order valence-electron chi connectivity index (χ2n) is 7.17. The summed E-state index contributed by atoms with van der Waals surface area (Å²) in [6.07, 6.45) is 0.538. The van der Waals surface area contributed by atoms with E-state index < -0.39 is 11.9 Å². The highest BCUT2D eigenvalue weighted by Gasteiger charge is 2.34. The standard InChI is InChI=1S/C21H17F3N6/c22-21(23,24)17-10-18(29-20(28-17)13-4-3-9-25-11-13)26-12-19-27-15-5-1-2-6-16(15)30(19)14-7-8-14/h1-6,9-11,14H,7-8,12H2,(H,26,28,29). The summed E-state index contributed by atoms with van der Waals surface area (Å²) in [6, 6.07) is 12.4. The zero-order valence-corrected chi connectivity index (χ0v) is 15.8. The third-order valence-corrected chi connectivity index (χ3v) is 4.94. The van der Waals surface area contributed by atoms with Gasteiger partial charge in [0.15, 0.2) is 11.5 Å². The number of rotatable bonds is 5. The third kappa shape index (κ3) is 3.58. The number of hydrogen-bond donors (Lipinski definition) is 1. The highest BCUT2D eigenvalue weighted by atomic mass is 19.4. The van der Waals surface area contributed by atoms with Crippen LogP contribution in [0, 0.1) is 0 Å². The van der Waals surface area contributed by atoms with Crippen LogP contribution in [0.1, 0.15) is 30.4 Å². The van der Waals surface area contributed by atoms with E-state index in [2.05, 4.69) is 29.8 Å². The van der Waals surface area contributed by atoms with E-state index in [0.29, 0.717) is 11.6 Å². The van der Waals surface area contributed by atoms with E-state index >= 15 is 0 Å². The molecule has 0 saturated heterocycles. The summed E-state index contributed by atoms with van der Waals surface area (Å²) in [5, 5.41) is 3.01. The van der Waals surface area contributed by atoms with Crippen LogP contribution in [0.25, 0.3) is 22.4 Å². The van der Waals surface area contributed by atoms with Gasteiger partial charge in [-0.25, -0.2) is 15.0 Å². The molecule has 1 fully saturated rings. The molecule has 0 aliphatic heterocycles. The summed E-state index contributed by atoms with van der Waals surface area (Å²) < 4.78 is 42.3. The SMILES string of the molecule is FC(F)(F)c1cc(NCc2nc3ccccc3n2C2CC2)nc(-c2cccnc2)n1. The first-order valence-electron chi connectivity index (χ1n) is 9.55. The molecule has 5 rings (SSSR count). The minimum atomic E-state index is -4.59. The minimum absolute atomic E-state index is 0.0314. The van der Waals surface area contributed by atoms with Crippen molar-refractivity contribution in [3.63, 3.8) is 0 Å². The smallest absolute Gasteiger partial charge is 0.363 e. The molecule has 6 nitrogen and oxygen atoms in total. The Morgan fingerprint density at radius 3 is 2.60 bits per heavy atom. The van der Waals surface area contributed by atoms with E-state index in [4.69, 9.17) is 0 Å². The molecule has 0 bridgehead atoms. The Balaban J connectivity index is 1.49. The van der Waals surface area contributed by atoms with Crippen molar-refractivity contribution in [2.24, 2.45) is 0 Å². The number of pyridine rings is 1. The maximum atomic E-state index is 13.4. The summed E-state index contributed by atoms with van der Waals surface area (Å²) in [6.45, 7) is 0.256. The van der Waals surface area contributed by atoms with Gasteiger partial charge in [0.2, 0.25) is 0 Å². The lowest BCUT2D eigenvalue weighted by Crippen LogP contribution is -2.13. The molecule has 30 heavy (non-hydrogen) atoms. The van der Waals surface area contributed by atoms with Gasteiger partial charge in [-0.05, 0) is 37.1 Å². The third-order valence-electron chi connectivity index (χ3n) is 4.94. The Labute approximate surface area is 169 Å². The molecule has 1 aromatic carbocycles. The molecule has 3 aromatic heterocycles. The van der Waals surface area contributed by atoms with Crippen LogP contribution in [0.4, 0.5) is 19.0 Å². The van der Waals surface area contributed by atoms with Crippen LogP contribution in [-0.4, -0.2) is 24.5 Å². The lowest BCUT2D eigenvalue weighted by atomic mass is 10.2. The first kappa shape index (κ1) is 18.5. The Hall–Kier alpha value is -3.49. The molecule has 0 atom stereocenters. The fourth-order valence-corrected chi connectivity index (χ4v) is 3.44. The van der Waals surface area contributed by atoms with Gasteiger partial charge in [0.1, 0.15) is 11.6 Å². The molecule has 1 saturated carbocycles. The van der Waals surface area contributed by atoms with E-state index in [1.54, 1.807) is 18.3 Å². The zero-order chi connectivity index (χ0) is 20.7. The number of alkyl halides is 3. The lowest BCUT2D eigenvalue weighted by Gasteiger charge is -2.13. The average molecular weight is 410 g/mol. The molecule has 0 spiro atoms. The zero-order valence-electron chi connectivity index (χ0n) is 15.8. The number of imidazole rings is 1. The van der Waals surface area contributed by atoms with E-state index in [1.807, 2.05) is 24.3 Å². The molecule has 3 heterocycles. The number of halogens is 3. The van der Waals surface area contributed by atoms with Crippen molar-refractivity contribution in [2.45, 2.75) is 31.6 Å². The molecule has 4 aromatic rings. The first-order chi connectivity index (χ1) is 14.5. The Morgan fingerprint density at radius 1 is 1.03 bits per heavy atom. The van der Waals surface area contributed by atoms with Gasteiger partial charge in [0.25, 0.3) is 0 Å². The summed E-state index contributed by atoms with van der Waals surface area (Å²) in [7, 11) is 0. The maximum absolute atomic E-state index is 13.4. The number of nitrogens with zero attached hydrogens (tertiary/aromatic N) is 5. The molecule has 0 radical (unpaired) electrons. The molecular weight excluding hydrogens is 393 g/mol. The normalized spacial score (nSPS) is 14.2. The van der Waals surface area contributed by atoms with Gasteiger partial charge in [0.05, 0.1) is 17.6 Å². The Bertz CT molecular complexity index is 1200. The number of benzene rings is 1. The largest absolute Gasteiger partial charge is 0.433 e. The van der Waals surface area contributed by atoms with E-state index in [-0.39, 0.29) is 18.2 Å². The fourth-order valence-electron chi connectivity index (χ4n) is 3.44. The van der Waals surface area contributed by atoms with Crippen molar-refractivity contribution in [3.8, 4) is 11.4 Å². The first-order valence-corrected chi connectivity index (χ1v) is 9.55. The summed E-state index contributed by atoms with van der Waals surface area (Å²) in [5.74, 6) is 0.829. The van der Waals surface area contributed by atoms with Crippen LogP contribution in [-0.2, 0) is 12.7 Å². The quantitative estimate of drug-likeness (QED) is 0.509. The highest BCUT2D eigenvalue weighted by molar-refractivity contribution is 5.76. The molecule has 1 N–H and O–H groups in total. The van der Waals surface area contributed by atoms with Crippen molar-refractivity contribution >= 4 is 16.9 Å². The maximum Gasteiger partial charge on any atom is 0.433 e. The molecular formula is C21H17F3N6. The van der Waals surface area contributed by atoms with Crippen LogP contribution in [0.5, 0.6) is 0 Å². The van der Waals surface area contributed by atoms with Crippen molar-refractivity contribution in [3.05, 3.63) is 66.4 Å². The van der Waals surface area contributed by atoms with E-state index in [1.165, 1.54) is 6.20 Å². The van der Waals surface area contributed by atoms with Crippen molar-refractivity contribution in [2.75, 3.05) is 5.32 Å². The second-order valence-corrected chi connectivity index (χ2v) is 7.17. The van der Waals surface area contributed by atoms with Crippen LogP contribution < -0.4 is 5.32 Å². The van der Waals surface area contributed by atoms with Crippen LogP contribution in [0.2, 0.25) is 0 Å². The van der Waals surface area contributed by atoms with E-state index in [9.17, 15) is 13.2 Å². The summed E-state index contributed by atoms with van der Waals surface area (Å²) in [4.78, 5) is 16.6. The minimum Gasteiger partial charge on any atom is -0.363 e. The fraction of sp³-hybridized carbons (Fsp3) is 0.238. The van der Waals surface area contributed by atoms with Gasteiger partial charge in [0, 0.05) is 30.1 Å². The summed E-state index contributed by atoms with van der Waals surface area (Å²) >= 11 is 0. The number of fused-ring (bicyclic) bond motifs is 1. The van der Waals surface area contributed by atoms with Crippen LogP contribution >= 0.6 is 0 Å². The van der Waals surface area contributed by atoms with Crippen LogP contribution in [0.3, 0.4) is 0 Å².